The Morgan fingerprint density at radius 2 is 1.91 bits per heavy atom. The Kier molecular flexibility index (Phi) is 3.94. The third kappa shape index (κ3) is 2.74. The molecule has 1 aromatic heterocycles. The summed E-state index contributed by atoms with van der Waals surface area (Å²) in [4.78, 5) is 16.5. The smallest absolute Gasteiger partial charge is 0.364 e. The zero-order chi connectivity index (χ0) is 15.7. The molecule has 0 fully saturated rings. The predicted molar refractivity (Wildman–Crippen MR) is 90.1 cm³/mol. The Labute approximate surface area is 134 Å². The van der Waals surface area contributed by atoms with E-state index in [1.807, 2.05) is 48.0 Å². The summed E-state index contributed by atoms with van der Waals surface area (Å²) < 4.78 is 5.34. The lowest BCUT2D eigenvalue weighted by Crippen LogP contribution is -2.06. The van der Waals surface area contributed by atoms with Crippen molar-refractivity contribution in [2.75, 3.05) is 0 Å². The molecule has 0 aliphatic carbocycles. The van der Waals surface area contributed by atoms with Gasteiger partial charge in [-0.1, -0.05) is 26.0 Å². The molecule has 0 amide bonds. The quantitative estimate of drug-likeness (QED) is 0.613. The Hall–Kier alpha value is -2.20. The predicted octanol–water partition coefficient (Wildman–Crippen LogP) is 4.61. The van der Waals surface area contributed by atoms with Crippen molar-refractivity contribution in [3.05, 3.63) is 63.5 Å². The van der Waals surface area contributed by atoms with Gasteiger partial charge in [0, 0.05) is 5.56 Å². The van der Waals surface area contributed by atoms with Gasteiger partial charge in [-0.25, -0.2) is 9.79 Å². The molecular formula is C18H17NO2S. The summed E-state index contributed by atoms with van der Waals surface area (Å²) in [7, 11) is 0. The highest BCUT2D eigenvalue weighted by atomic mass is 32.1. The average Bonchev–Trinajstić information content (AvgIpc) is 3.16. The Morgan fingerprint density at radius 3 is 2.50 bits per heavy atom. The number of carbonyl (C=O) groups excluding carboxylic acids is 1. The zero-order valence-electron chi connectivity index (χ0n) is 12.8. The molecule has 0 unspecified atom stereocenters. The number of ether oxygens (including phenoxy) is 1. The summed E-state index contributed by atoms with van der Waals surface area (Å²) in [5.74, 6) is 0.468. The van der Waals surface area contributed by atoms with Crippen molar-refractivity contribution in [3.63, 3.8) is 0 Å². The maximum atomic E-state index is 12.1. The van der Waals surface area contributed by atoms with Gasteiger partial charge in [0.2, 0.25) is 5.90 Å². The van der Waals surface area contributed by atoms with Crippen LogP contribution in [0.3, 0.4) is 0 Å². The van der Waals surface area contributed by atoms with Gasteiger partial charge >= 0.3 is 5.97 Å². The van der Waals surface area contributed by atoms with E-state index in [-0.39, 0.29) is 5.97 Å². The van der Waals surface area contributed by atoms with Gasteiger partial charge in [0.25, 0.3) is 0 Å². The summed E-state index contributed by atoms with van der Waals surface area (Å²) in [5.41, 5.74) is 4.32. The molecule has 3 nitrogen and oxygen atoms in total. The number of nitrogens with zero attached hydrogens (tertiary/aromatic N) is 1. The van der Waals surface area contributed by atoms with Crippen LogP contribution in [-0.2, 0) is 9.53 Å². The zero-order valence-corrected chi connectivity index (χ0v) is 13.6. The first kappa shape index (κ1) is 14.7. The molecule has 0 bridgehead atoms. The molecule has 0 saturated carbocycles. The van der Waals surface area contributed by atoms with Crippen LogP contribution in [0.1, 0.15) is 43.4 Å². The van der Waals surface area contributed by atoms with Crippen LogP contribution in [0.2, 0.25) is 0 Å². The van der Waals surface area contributed by atoms with E-state index in [4.69, 9.17) is 4.74 Å². The van der Waals surface area contributed by atoms with Crippen molar-refractivity contribution >= 4 is 28.8 Å². The van der Waals surface area contributed by atoms with E-state index >= 15 is 0 Å². The fourth-order valence-corrected chi connectivity index (χ4v) is 3.00. The van der Waals surface area contributed by atoms with Crippen LogP contribution < -0.4 is 0 Å². The van der Waals surface area contributed by atoms with Crippen LogP contribution in [0, 0.1) is 0 Å². The standard InChI is InChI=1S/C18H17NO2S/c1-11(2)13-4-6-14(7-5-13)17-19-16(18(20)21-17)12(3)15-8-9-22-10-15/h4-11H,1-3H3/b16-12+. The maximum Gasteiger partial charge on any atom is 0.364 e. The minimum atomic E-state index is -0.383. The Bertz CT molecular complexity index is 753. The number of rotatable bonds is 3. The van der Waals surface area contributed by atoms with Gasteiger partial charge in [-0.15, -0.1) is 0 Å². The summed E-state index contributed by atoms with van der Waals surface area (Å²) in [5, 5.41) is 3.98. The fraction of sp³-hybridized carbons (Fsp3) is 0.222. The Morgan fingerprint density at radius 1 is 1.18 bits per heavy atom. The lowest BCUT2D eigenvalue weighted by Gasteiger charge is -2.05. The molecule has 1 aliphatic heterocycles. The number of allylic oxidation sites excluding steroid dienone is 1. The first-order chi connectivity index (χ1) is 10.6. The van der Waals surface area contributed by atoms with Gasteiger partial charge in [0.1, 0.15) is 0 Å². The number of hydrogen-bond donors (Lipinski definition) is 0. The summed E-state index contributed by atoms with van der Waals surface area (Å²) in [6, 6.07) is 9.97. The van der Waals surface area contributed by atoms with E-state index in [1.54, 1.807) is 11.3 Å². The van der Waals surface area contributed by atoms with Crippen LogP contribution in [0.25, 0.3) is 5.57 Å². The molecule has 3 rings (SSSR count). The first-order valence-corrected chi connectivity index (χ1v) is 8.15. The molecule has 0 radical (unpaired) electrons. The van der Waals surface area contributed by atoms with Crippen molar-refractivity contribution in [2.45, 2.75) is 26.7 Å². The fourth-order valence-electron chi connectivity index (χ4n) is 2.29. The van der Waals surface area contributed by atoms with Crippen molar-refractivity contribution in [2.24, 2.45) is 4.99 Å². The molecule has 112 valence electrons. The van der Waals surface area contributed by atoms with Gasteiger partial charge in [0.05, 0.1) is 0 Å². The number of esters is 1. The van der Waals surface area contributed by atoms with Gasteiger partial charge < -0.3 is 4.74 Å². The topological polar surface area (TPSA) is 38.7 Å². The van der Waals surface area contributed by atoms with Gasteiger partial charge in [-0.3, -0.25) is 0 Å². The van der Waals surface area contributed by atoms with Crippen LogP contribution in [0.5, 0.6) is 0 Å². The molecule has 0 spiro atoms. The lowest BCUT2D eigenvalue weighted by atomic mass is 10.0. The van der Waals surface area contributed by atoms with E-state index in [0.717, 1.165) is 16.7 Å². The normalized spacial score (nSPS) is 16.7. The highest BCUT2D eigenvalue weighted by Crippen LogP contribution is 2.27. The van der Waals surface area contributed by atoms with Gasteiger partial charge in [-0.05, 0) is 58.5 Å². The van der Waals surface area contributed by atoms with E-state index < -0.39 is 0 Å². The highest BCUT2D eigenvalue weighted by Gasteiger charge is 2.26. The Balaban J connectivity index is 1.95. The number of benzene rings is 1. The largest absolute Gasteiger partial charge is 0.402 e. The van der Waals surface area contributed by atoms with Crippen LogP contribution in [0.4, 0.5) is 0 Å². The number of hydrogen-bond acceptors (Lipinski definition) is 4. The summed E-state index contributed by atoms with van der Waals surface area (Å²) >= 11 is 1.59. The van der Waals surface area contributed by atoms with E-state index in [0.29, 0.717) is 17.5 Å². The monoisotopic (exact) mass is 311 g/mol. The molecule has 0 N–H and O–H groups in total. The van der Waals surface area contributed by atoms with E-state index in [1.165, 1.54) is 5.56 Å². The summed E-state index contributed by atoms with van der Waals surface area (Å²) in [6.07, 6.45) is 0. The van der Waals surface area contributed by atoms with Crippen molar-refractivity contribution in [3.8, 4) is 0 Å². The number of carbonyl (C=O) groups is 1. The second-order valence-corrected chi connectivity index (χ2v) is 6.35. The molecule has 0 atom stereocenters. The second kappa shape index (κ2) is 5.89. The van der Waals surface area contributed by atoms with E-state index in [9.17, 15) is 4.79 Å². The molecule has 4 heteroatoms. The van der Waals surface area contributed by atoms with Crippen LogP contribution >= 0.6 is 11.3 Å². The minimum absolute atomic E-state index is 0.380. The molecular weight excluding hydrogens is 294 g/mol. The average molecular weight is 311 g/mol. The molecule has 0 saturated heterocycles. The molecule has 2 heterocycles. The third-order valence-electron chi connectivity index (χ3n) is 3.73. The molecule has 22 heavy (non-hydrogen) atoms. The number of aliphatic imine (C=N–C) groups is 1. The molecule has 2 aromatic rings. The third-order valence-corrected chi connectivity index (χ3v) is 4.41. The van der Waals surface area contributed by atoms with Crippen LogP contribution in [-0.4, -0.2) is 11.9 Å². The second-order valence-electron chi connectivity index (χ2n) is 5.57. The molecule has 1 aliphatic rings. The molecule has 1 aromatic carbocycles. The highest BCUT2D eigenvalue weighted by molar-refractivity contribution is 7.08. The number of thiophene rings is 1. The SMILES string of the molecule is C/C(=C1\N=C(c2ccc(C(C)C)cc2)OC1=O)c1ccsc1. The van der Waals surface area contributed by atoms with Gasteiger partial charge in [0.15, 0.2) is 5.70 Å². The summed E-state index contributed by atoms with van der Waals surface area (Å²) in [6.45, 7) is 6.19. The lowest BCUT2D eigenvalue weighted by molar-refractivity contribution is -0.129. The van der Waals surface area contributed by atoms with Gasteiger partial charge in [-0.2, -0.15) is 11.3 Å². The maximum absolute atomic E-state index is 12.1. The van der Waals surface area contributed by atoms with E-state index in [2.05, 4.69) is 18.8 Å². The van der Waals surface area contributed by atoms with Crippen molar-refractivity contribution in [1.29, 1.82) is 0 Å². The van der Waals surface area contributed by atoms with Crippen molar-refractivity contribution in [1.82, 2.24) is 0 Å². The minimum Gasteiger partial charge on any atom is -0.402 e. The van der Waals surface area contributed by atoms with Crippen LogP contribution in [0.15, 0.2) is 51.8 Å². The number of cyclic esters (lactones) is 1. The first-order valence-electron chi connectivity index (χ1n) is 7.21. The van der Waals surface area contributed by atoms with Crippen molar-refractivity contribution < 1.29 is 9.53 Å².